The normalized spacial score (nSPS) is 15.3. The second-order valence-corrected chi connectivity index (χ2v) is 7.50. The van der Waals surface area contributed by atoms with E-state index in [0.717, 1.165) is 30.6 Å². The summed E-state index contributed by atoms with van der Waals surface area (Å²) in [5, 5.41) is 14.4. The molecule has 0 atom stereocenters. The number of nitrogens with one attached hydrogen (secondary N) is 1. The third-order valence-corrected chi connectivity index (χ3v) is 5.58. The van der Waals surface area contributed by atoms with E-state index in [1.165, 1.54) is 11.3 Å². The summed E-state index contributed by atoms with van der Waals surface area (Å²) in [5.41, 5.74) is 0.163. The van der Waals surface area contributed by atoms with Crippen LogP contribution >= 0.6 is 11.3 Å². The van der Waals surface area contributed by atoms with E-state index in [2.05, 4.69) is 16.4 Å². The summed E-state index contributed by atoms with van der Waals surface area (Å²) in [5.74, 6) is -0.401. The molecule has 146 valence electrons. The van der Waals surface area contributed by atoms with Crippen LogP contribution in [0.2, 0.25) is 0 Å². The quantitative estimate of drug-likeness (QED) is 0.748. The zero-order valence-corrected chi connectivity index (χ0v) is 16.4. The average Bonchev–Trinajstić information content (AvgIpc) is 3.23. The van der Waals surface area contributed by atoms with Gasteiger partial charge in [-0.3, -0.25) is 4.79 Å². The number of aromatic nitrogens is 1. The third kappa shape index (κ3) is 4.67. The van der Waals surface area contributed by atoms with Crippen LogP contribution in [0.1, 0.15) is 42.6 Å². The highest BCUT2D eigenvalue weighted by molar-refractivity contribution is 7.13. The van der Waals surface area contributed by atoms with Crippen LogP contribution in [-0.2, 0) is 9.53 Å². The Bertz CT molecular complexity index is 880. The van der Waals surface area contributed by atoms with Gasteiger partial charge in [0.1, 0.15) is 16.3 Å². The van der Waals surface area contributed by atoms with Gasteiger partial charge in [0.2, 0.25) is 0 Å². The minimum absolute atomic E-state index is 0.149. The molecule has 0 bridgehead atoms. The van der Waals surface area contributed by atoms with Gasteiger partial charge in [-0.05, 0) is 37.1 Å². The van der Waals surface area contributed by atoms with Crippen LogP contribution in [0.4, 0.5) is 0 Å². The SMILES string of the molecule is COc1ccc(-c2nc(C(=O)OCC(=O)NC3(C#N)CCCCC3)cs2)cc1. The maximum atomic E-state index is 12.2. The molecule has 1 amide bonds. The zero-order valence-electron chi connectivity index (χ0n) is 15.6. The van der Waals surface area contributed by atoms with E-state index in [1.54, 1.807) is 12.5 Å². The number of methoxy groups -OCH3 is 1. The van der Waals surface area contributed by atoms with Crippen LogP contribution < -0.4 is 10.1 Å². The number of amides is 1. The molecule has 1 N–H and O–H groups in total. The molecule has 2 aromatic rings. The number of esters is 1. The van der Waals surface area contributed by atoms with E-state index >= 15 is 0 Å². The van der Waals surface area contributed by atoms with Gasteiger partial charge in [0.05, 0.1) is 13.2 Å². The van der Waals surface area contributed by atoms with Gasteiger partial charge < -0.3 is 14.8 Å². The highest BCUT2D eigenvalue weighted by Gasteiger charge is 2.33. The molecule has 1 aliphatic carbocycles. The minimum atomic E-state index is -0.843. The molecule has 1 aromatic heterocycles. The van der Waals surface area contributed by atoms with Crippen LogP contribution in [0.5, 0.6) is 5.75 Å². The Balaban J connectivity index is 1.55. The lowest BCUT2D eigenvalue weighted by molar-refractivity contribution is -0.125. The number of benzene rings is 1. The van der Waals surface area contributed by atoms with E-state index in [9.17, 15) is 14.9 Å². The predicted molar refractivity (Wildman–Crippen MR) is 104 cm³/mol. The Labute approximate surface area is 167 Å². The van der Waals surface area contributed by atoms with Crippen molar-refractivity contribution in [3.63, 3.8) is 0 Å². The molecule has 1 fully saturated rings. The smallest absolute Gasteiger partial charge is 0.358 e. The van der Waals surface area contributed by atoms with Gasteiger partial charge in [0.25, 0.3) is 5.91 Å². The van der Waals surface area contributed by atoms with E-state index in [1.807, 2.05) is 24.3 Å². The maximum absolute atomic E-state index is 12.2. The van der Waals surface area contributed by atoms with Gasteiger partial charge in [-0.25, -0.2) is 9.78 Å². The van der Waals surface area contributed by atoms with Gasteiger partial charge in [-0.1, -0.05) is 19.3 Å². The molecule has 0 spiro atoms. The fourth-order valence-corrected chi connectivity index (χ4v) is 3.96. The number of nitriles is 1. The Morgan fingerprint density at radius 3 is 2.61 bits per heavy atom. The summed E-state index contributed by atoms with van der Waals surface area (Å²) in [6.07, 6.45) is 4.12. The van der Waals surface area contributed by atoms with Crippen molar-refractivity contribution in [3.05, 3.63) is 35.3 Å². The lowest BCUT2D eigenvalue weighted by atomic mass is 9.83. The summed E-state index contributed by atoms with van der Waals surface area (Å²) >= 11 is 1.31. The molecule has 0 unspecified atom stereocenters. The lowest BCUT2D eigenvalue weighted by Crippen LogP contribution is -2.50. The molecule has 28 heavy (non-hydrogen) atoms. The number of hydrogen-bond acceptors (Lipinski definition) is 7. The van der Waals surface area contributed by atoms with Gasteiger partial charge in [0, 0.05) is 10.9 Å². The van der Waals surface area contributed by atoms with Crippen LogP contribution in [0, 0.1) is 11.3 Å². The standard InChI is InChI=1S/C20H21N3O4S/c1-26-15-7-5-14(6-8-15)18-22-16(12-28-18)19(25)27-11-17(24)23-20(13-21)9-3-2-4-10-20/h5-8,12H,2-4,9-11H2,1H3,(H,23,24). The monoisotopic (exact) mass is 399 g/mol. The molecule has 0 aliphatic heterocycles. The zero-order chi connectivity index (χ0) is 20.0. The first-order valence-electron chi connectivity index (χ1n) is 9.04. The Morgan fingerprint density at radius 1 is 1.25 bits per heavy atom. The van der Waals surface area contributed by atoms with Gasteiger partial charge in [0.15, 0.2) is 12.3 Å². The molecular formula is C20H21N3O4S. The second-order valence-electron chi connectivity index (χ2n) is 6.65. The minimum Gasteiger partial charge on any atom is -0.497 e. The fourth-order valence-electron chi connectivity index (χ4n) is 3.16. The van der Waals surface area contributed by atoms with Crippen molar-refractivity contribution in [3.8, 4) is 22.4 Å². The molecule has 3 rings (SSSR count). The van der Waals surface area contributed by atoms with E-state index < -0.39 is 24.0 Å². The summed E-state index contributed by atoms with van der Waals surface area (Å²) < 4.78 is 10.2. The molecule has 1 aliphatic rings. The first kappa shape index (κ1) is 19.8. The van der Waals surface area contributed by atoms with Crippen molar-refractivity contribution in [2.75, 3.05) is 13.7 Å². The summed E-state index contributed by atoms with van der Waals surface area (Å²) in [7, 11) is 1.59. The second kappa shape index (κ2) is 8.85. The largest absolute Gasteiger partial charge is 0.497 e. The van der Waals surface area contributed by atoms with E-state index in [0.29, 0.717) is 17.8 Å². The number of carbonyl (C=O) groups excluding carboxylic acids is 2. The Kier molecular flexibility index (Phi) is 6.26. The number of thiazole rings is 1. The molecular weight excluding hydrogens is 378 g/mol. The van der Waals surface area contributed by atoms with Gasteiger partial charge in [-0.2, -0.15) is 5.26 Å². The molecule has 7 nitrogen and oxygen atoms in total. The molecule has 1 aromatic carbocycles. The van der Waals surface area contributed by atoms with Gasteiger partial charge in [-0.15, -0.1) is 11.3 Å². The summed E-state index contributed by atoms with van der Waals surface area (Å²) in [4.78, 5) is 28.6. The number of hydrogen-bond donors (Lipinski definition) is 1. The van der Waals surface area contributed by atoms with Crippen molar-refractivity contribution < 1.29 is 19.1 Å². The van der Waals surface area contributed by atoms with Crippen molar-refractivity contribution in [2.24, 2.45) is 0 Å². The van der Waals surface area contributed by atoms with Crippen molar-refractivity contribution >= 4 is 23.2 Å². The number of rotatable bonds is 6. The third-order valence-electron chi connectivity index (χ3n) is 4.68. The van der Waals surface area contributed by atoms with E-state index in [4.69, 9.17) is 9.47 Å². The Morgan fingerprint density at radius 2 is 1.96 bits per heavy atom. The van der Waals surface area contributed by atoms with Crippen molar-refractivity contribution in [1.82, 2.24) is 10.3 Å². The molecule has 0 radical (unpaired) electrons. The maximum Gasteiger partial charge on any atom is 0.358 e. The van der Waals surface area contributed by atoms with Gasteiger partial charge >= 0.3 is 5.97 Å². The van der Waals surface area contributed by atoms with Crippen molar-refractivity contribution in [2.45, 2.75) is 37.6 Å². The van der Waals surface area contributed by atoms with Crippen LogP contribution in [0.25, 0.3) is 10.6 Å². The van der Waals surface area contributed by atoms with Crippen LogP contribution in [0.3, 0.4) is 0 Å². The van der Waals surface area contributed by atoms with Crippen molar-refractivity contribution in [1.29, 1.82) is 5.26 Å². The molecule has 0 saturated heterocycles. The lowest BCUT2D eigenvalue weighted by Gasteiger charge is -2.31. The first-order chi connectivity index (χ1) is 13.5. The topological polar surface area (TPSA) is 101 Å². The number of ether oxygens (including phenoxy) is 2. The highest BCUT2D eigenvalue weighted by atomic mass is 32.1. The summed E-state index contributed by atoms with van der Waals surface area (Å²) in [6.45, 7) is -0.433. The van der Waals surface area contributed by atoms with E-state index in [-0.39, 0.29) is 5.69 Å². The number of carbonyl (C=O) groups is 2. The highest BCUT2D eigenvalue weighted by Crippen LogP contribution is 2.28. The number of nitrogens with zero attached hydrogens (tertiary/aromatic N) is 2. The predicted octanol–water partition coefficient (Wildman–Crippen LogP) is 3.32. The Hall–Kier alpha value is -2.92. The first-order valence-corrected chi connectivity index (χ1v) is 9.92. The molecule has 8 heteroatoms. The van der Waals surface area contributed by atoms with Crippen LogP contribution in [0.15, 0.2) is 29.6 Å². The van der Waals surface area contributed by atoms with Crippen LogP contribution in [-0.4, -0.2) is 36.1 Å². The summed E-state index contributed by atoms with van der Waals surface area (Å²) in [6, 6.07) is 9.54. The fraction of sp³-hybridized carbons (Fsp3) is 0.400. The molecule has 1 saturated carbocycles. The average molecular weight is 399 g/mol. The molecule has 1 heterocycles.